The van der Waals surface area contributed by atoms with Crippen LogP contribution < -0.4 is 0 Å². The molecule has 100 valence electrons. The third-order valence-corrected chi connectivity index (χ3v) is 3.85. The van der Waals surface area contributed by atoms with E-state index in [0.29, 0.717) is 13.0 Å². The number of hydrogen-bond donors (Lipinski definition) is 0. The summed E-state index contributed by atoms with van der Waals surface area (Å²) in [5.41, 5.74) is 1.09. The Morgan fingerprint density at radius 1 is 1.50 bits per heavy atom. The van der Waals surface area contributed by atoms with E-state index >= 15 is 0 Å². The molecule has 4 heteroatoms. The Bertz CT molecular complexity index is 393. The number of carbonyl (C=O) groups is 1. The summed E-state index contributed by atoms with van der Waals surface area (Å²) in [5.74, 6) is 1.05. The zero-order chi connectivity index (χ0) is 13.0. The van der Waals surface area contributed by atoms with Crippen molar-refractivity contribution in [2.45, 2.75) is 45.1 Å². The lowest BCUT2D eigenvalue weighted by atomic mass is 10.0. The van der Waals surface area contributed by atoms with Gasteiger partial charge in [-0.25, -0.2) is 0 Å². The first kappa shape index (κ1) is 13.1. The maximum atomic E-state index is 12.0. The quantitative estimate of drug-likeness (QED) is 0.803. The summed E-state index contributed by atoms with van der Waals surface area (Å²) in [6.07, 6.45) is 10.9. The monoisotopic (exact) mass is 249 g/mol. The van der Waals surface area contributed by atoms with Crippen LogP contribution in [0.25, 0.3) is 0 Å². The van der Waals surface area contributed by atoms with Crippen LogP contribution in [-0.4, -0.2) is 27.6 Å². The van der Waals surface area contributed by atoms with Crippen LogP contribution in [0.3, 0.4) is 0 Å². The fourth-order valence-electron chi connectivity index (χ4n) is 2.73. The van der Waals surface area contributed by atoms with E-state index in [1.165, 1.54) is 25.7 Å². The Morgan fingerprint density at radius 3 is 2.83 bits per heavy atom. The summed E-state index contributed by atoms with van der Waals surface area (Å²) < 4.78 is 1.77. The largest absolute Gasteiger partial charge is 0.341 e. The molecule has 1 saturated carbocycles. The number of aromatic nitrogens is 2. The number of carbonyl (C=O) groups excluding carboxylic acids is 1. The summed E-state index contributed by atoms with van der Waals surface area (Å²) in [5, 5.41) is 4.12. The zero-order valence-electron chi connectivity index (χ0n) is 11.4. The molecule has 0 N–H and O–H groups in total. The highest BCUT2D eigenvalue weighted by Gasteiger charge is 2.17. The SMILES string of the molecule is CN(Cc1cnn(C)c1)C(=O)CCC1CCCC1. The van der Waals surface area contributed by atoms with Gasteiger partial charge < -0.3 is 4.90 Å². The van der Waals surface area contributed by atoms with Gasteiger partial charge in [0.15, 0.2) is 0 Å². The van der Waals surface area contributed by atoms with E-state index in [2.05, 4.69) is 5.10 Å². The molecule has 0 aromatic carbocycles. The minimum atomic E-state index is 0.255. The first-order valence-corrected chi connectivity index (χ1v) is 6.86. The maximum Gasteiger partial charge on any atom is 0.222 e. The average Bonchev–Trinajstić information content (AvgIpc) is 2.97. The minimum absolute atomic E-state index is 0.255. The van der Waals surface area contributed by atoms with Crippen molar-refractivity contribution in [2.24, 2.45) is 13.0 Å². The number of amides is 1. The highest BCUT2D eigenvalue weighted by molar-refractivity contribution is 5.75. The van der Waals surface area contributed by atoms with Crippen molar-refractivity contribution in [2.75, 3.05) is 7.05 Å². The number of nitrogens with zero attached hydrogens (tertiary/aromatic N) is 3. The van der Waals surface area contributed by atoms with Crippen LogP contribution in [-0.2, 0) is 18.4 Å². The van der Waals surface area contributed by atoms with Crippen molar-refractivity contribution in [3.05, 3.63) is 18.0 Å². The maximum absolute atomic E-state index is 12.0. The third kappa shape index (κ3) is 3.59. The van der Waals surface area contributed by atoms with Gasteiger partial charge in [0.1, 0.15) is 0 Å². The van der Waals surface area contributed by atoms with Crippen LogP contribution in [0.1, 0.15) is 44.1 Å². The molecule has 18 heavy (non-hydrogen) atoms. The highest BCUT2D eigenvalue weighted by atomic mass is 16.2. The summed E-state index contributed by atoms with van der Waals surface area (Å²) in [7, 11) is 3.77. The molecule has 1 aliphatic carbocycles. The van der Waals surface area contributed by atoms with Gasteiger partial charge in [0, 0.05) is 38.8 Å². The van der Waals surface area contributed by atoms with Gasteiger partial charge in [-0.15, -0.1) is 0 Å². The molecule has 1 aromatic heterocycles. The molecule has 0 bridgehead atoms. The fourth-order valence-corrected chi connectivity index (χ4v) is 2.73. The van der Waals surface area contributed by atoms with Crippen molar-refractivity contribution >= 4 is 5.91 Å². The van der Waals surface area contributed by atoms with Crippen molar-refractivity contribution in [1.29, 1.82) is 0 Å². The smallest absolute Gasteiger partial charge is 0.222 e. The molecule has 4 nitrogen and oxygen atoms in total. The Labute approximate surface area is 109 Å². The van der Waals surface area contributed by atoms with E-state index in [-0.39, 0.29) is 5.91 Å². The summed E-state index contributed by atoms with van der Waals surface area (Å²) in [6.45, 7) is 0.664. The molecule has 1 aromatic rings. The summed E-state index contributed by atoms with van der Waals surface area (Å²) in [4.78, 5) is 13.8. The number of aryl methyl sites for hydroxylation is 1. The lowest BCUT2D eigenvalue weighted by molar-refractivity contribution is -0.130. The van der Waals surface area contributed by atoms with E-state index in [1.54, 1.807) is 4.68 Å². The highest BCUT2D eigenvalue weighted by Crippen LogP contribution is 2.28. The van der Waals surface area contributed by atoms with Crippen molar-refractivity contribution in [3.63, 3.8) is 0 Å². The van der Waals surface area contributed by atoms with Gasteiger partial charge >= 0.3 is 0 Å². The molecule has 0 saturated heterocycles. The second kappa shape index (κ2) is 6.03. The Hall–Kier alpha value is -1.32. The van der Waals surface area contributed by atoms with Crippen LogP contribution in [0.2, 0.25) is 0 Å². The Kier molecular flexibility index (Phi) is 4.39. The second-order valence-corrected chi connectivity index (χ2v) is 5.46. The van der Waals surface area contributed by atoms with E-state index in [9.17, 15) is 4.79 Å². The molecule has 2 rings (SSSR count). The third-order valence-electron chi connectivity index (χ3n) is 3.85. The number of rotatable bonds is 5. The van der Waals surface area contributed by atoms with Gasteiger partial charge in [-0.1, -0.05) is 25.7 Å². The summed E-state index contributed by atoms with van der Waals surface area (Å²) in [6, 6.07) is 0. The van der Waals surface area contributed by atoms with Gasteiger partial charge in [-0.05, 0) is 12.3 Å². The molecule has 1 aliphatic rings. The van der Waals surface area contributed by atoms with Crippen LogP contribution >= 0.6 is 0 Å². The zero-order valence-corrected chi connectivity index (χ0v) is 11.4. The molecular weight excluding hydrogens is 226 g/mol. The van der Waals surface area contributed by atoms with Gasteiger partial charge in [-0.2, -0.15) is 5.10 Å². The van der Waals surface area contributed by atoms with Crippen molar-refractivity contribution in [3.8, 4) is 0 Å². The number of hydrogen-bond acceptors (Lipinski definition) is 2. The molecule has 0 atom stereocenters. The van der Waals surface area contributed by atoms with Crippen molar-refractivity contribution < 1.29 is 4.79 Å². The molecule has 0 aliphatic heterocycles. The molecular formula is C14H23N3O. The molecule has 1 amide bonds. The predicted octanol–water partition coefficient (Wildman–Crippen LogP) is 2.35. The van der Waals surface area contributed by atoms with Gasteiger partial charge in [0.25, 0.3) is 0 Å². The van der Waals surface area contributed by atoms with Gasteiger partial charge in [-0.3, -0.25) is 9.48 Å². The molecule has 1 fully saturated rings. The van der Waals surface area contributed by atoms with Crippen molar-refractivity contribution in [1.82, 2.24) is 14.7 Å². The van der Waals surface area contributed by atoms with Crippen LogP contribution in [0.5, 0.6) is 0 Å². The topological polar surface area (TPSA) is 38.1 Å². The van der Waals surface area contributed by atoms with Gasteiger partial charge in [0.05, 0.1) is 6.20 Å². The van der Waals surface area contributed by atoms with Gasteiger partial charge in [0.2, 0.25) is 5.91 Å². The van der Waals surface area contributed by atoms with E-state index in [4.69, 9.17) is 0 Å². The Balaban J connectivity index is 1.74. The predicted molar refractivity (Wildman–Crippen MR) is 70.9 cm³/mol. The second-order valence-electron chi connectivity index (χ2n) is 5.46. The molecule has 0 radical (unpaired) electrons. The molecule has 1 heterocycles. The minimum Gasteiger partial charge on any atom is -0.341 e. The molecule has 0 spiro atoms. The first-order chi connectivity index (χ1) is 8.65. The average molecular weight is 249 g/mol. The lowest BCUT2D eigenvalue weighted by Crippen LogP contribution is -2.26. The molecule has 0 unspecified atom stereocenters. The van der Waals surface area contributed by atoms with E-state index < -0.39 is 0 Å². The van der Waals surface area contributed by atoms with Crippen LogP contribution in [0.15, 0.2) is 12.4 Å². The van der Waals surface area contributed by atoms with Crippen LogP contribution in [0, 0.1) is 5.92 Å². The van der Waals surface area contributed by atoms with E-state index in [0.717, 1.165) is 17.9 Å². The normalized spacial score (nSPS) is 16.1. The first-order valence-electron chi connectivity index (χ1n) is 6.86. The Morgan fingerprint density at radius 2 is 2.22 bits per heavy atom. The summed E-state index contributed by atoms with van der Waals surface area (Å²) >= 11 is 0. The lowest BCUT2D eigenvalue weighted by Gasteiger charge is -2.17. The standard InChI is InChI=1S/C14H23N3O/c1-16(10-13-9-15-17(2)11-13)14(18)8-7-12-5-3-4-6-12/h9,11-12H,3-8,10H2,1-2H3. The van der Waals surface area contributed by atoms with Crippen LogP contribution in [0.4, 0.5) is 0 Å². The fraction of sp³-hybridized carbons (Fsp3) is 0.714. The van der Waals surface area contributed by atoms with E-state index in [1.807, 2.05) is 31.4 Å².